The van der Waals surface area contributed by atoms with Gasteiger partial charge in [-0.1, -0.05) is 20.8 Å². The Balaban J connectivity index is 2.12. The number of fused-ring (bicyclic) bond motifs is 1. The third kappa shape index (κ3) is 1.61. The molecule has 2 atom stereocenters. The van der Waals surface area contributed by atoms with Gasteiger partial charge in [0.15, 0.2) is 0 Å². The lowest BCUT2D eigenvalue weighted by Crippen LogP contribution is -2.43. The molecule has 1 amide bonds. The van der Waals surface area contributed by atoms with Crippen LogP contribution in [0.3, 0.4) is 0 Å². The number of anilines is 2. The fourth-order valence-corrected chi connectivity index (χ4v) is 3.02. The van der Waals surface area contributed by atoms with Gasteiger partial charge in [-0.2, -0.15) is 0 Å². The van der Waals surface area contributed by atoms with Gasteiger partial charge in [0.05, 0.1) is 0 Å². The van der Waals surface area contributed by atoms with Crippen LogP contribution in [-0.4, -0.2) is 11.9 Å². The van der Waals surface area contributed by atoms with E-state index in [2.05, 4.69) is 20.8 Å². The molecule has 1 aromatic rings. The Hall–Kier alpha value is -1.51. The van der Waals surface area contributed by atoms with Crippen molar-refractivity contribution in [2.24, 2.45) is 5.92 Å². The van der Waals surface area contributed by atoms with Crippen molar-refractivity contribution < 1.29 is 4.79 Å². The van der Waals surface area contributed by atoms with E-state index in [0.29, 0.717) is 18.4 Å². The number of nitrogens with zero attached hydrogens (tertiary/aromatic N) is 1. The lowest BCUT2D eigenvalue weighted by atomic mass is 9.77. The van der Waals surface area contributed by atoms with Crippen molar-refractivity contribution >= 4 is 17.3 Å². The molecule has 96 valence electrons. The van der Waals surface area contributed by atoms with Crippen LogP contribution in [0.4, 0.5) is 11.4 Å². The number of carbonyl (C=O) groups excluding carboxylic acids is 1. The summed E-state index contributed by atoms with van der Waals surface area (Å²) in [6, 6.07) is 6.33. The zero-order valence-corrected chi connectivity index (χ0v) is 11.2. The first-order chi connectivity index (χ1) is 8.40. The molecule has 0 spiro atoms. The predicted molar refractivity (Wildman–Crippen MR) is 73.6 cm³/mol. The largest absolute Gasteiger partial charge is 0.399 e. The van der Waals surface area contributed by atoms with Crippen LogP contribution in [0.2, 0.25) is 0 Å². The summed E-state index contributed by atoms with van der Waals surface area (Å²) in [5.74, 6) is 0.882. The Morgan fingerprint density at radius 3 is 2.67 bits per heavy atom. The highest BCUT2D eigenvalue weighted by atomic mass is 16.2. The molecule has 18 heavy (non-hydrogen) atoms. The number of rotatable bonds is 1. The molecule has 3 rings (SSSR count). The van der Waals surface area contributed by atoms with Gasteiger partial charge in [0.2, 0.25) is 5.91 Å². The summed E-state index contributed by atoms with van der Waals surface area (Å²) in [6.07, 6.45) is 1.70. The van der Waals surface area contributed by atoms with Gasteiger partial charge in [-0.05, 0) is 36.1 Å². The topological polar surface area (TPSA) is 46.3 Å². The van der Waals surface area contributed by atoms with Crippen molar-refractivity contribution in [3.05, 3.63) is 23.8 Å². The Kier molecular flexibility index (Phi) is 2.25. The molecule has 1 aromatic carbocycles. The maximum absolute atomic E-state index is 12.4. The minimum absolute atomic E-state index is 0.115. The number of carbonyl (C=O) groups is 1. The molecule has 2 N–H and O–H groups in total. The first-order valence-electron chi connectivity index (χ1n) is 6.62. The SMILES string of the molecule is CC1CC1N1C(=O)CC(C)(C)c2cc(N)ccc21. The zero-order chi connectivity index (χ0) is 13.1. The minimum atomic E-state index is -0.115. The summed E-state index contributed by atoms with van der Waals surface area (Å²) in [4.78, 5) is 14.4. The number of hydrogen-bond donors (Lipinski definition) is 1. The number of nitrogen functional groups attached to an aromatic ring is 1. The molecular formula is C15H20N2O. The third-order valence-corrected chi connectivity index (χ3v) is 4.27. The first kappa shape index (κ1) is 11.6. The summed E-state index contributed by atoms with van der Waals surface area (Å²) in [5, 5.41) is 0. The van der Waals surface area contributed by atoms with Gasteiger partial charge in [0.25, 0.3) is 0 Å². The Bertz CT molecular complexity index is 521. The van der Waals surface area contributed by atoms with E-state index in [-0.39, 0.29) is 11.3 Å². The Morgan fingerprint density at radius 1 is 1.39 bits per heavy atom. The summed E-state index contributed by atoms with van der Waals surface area (Å²) in [5.41, 5.74) is 8.84. The average Bonchev–Trinajstić information content (AvgIpc) is 2.96. The number of amides is 1. The summed E-state index contributed by atoms with van der Waals surface area (Å²) in [6.45, 7) is 6.45. The molecule has 3 heteroatoms. The fraction of sp³-hybridized carbons (Fsp3) is 0.533. The molecule has 0 saturated heterocycles. The second kappa shape index (κ2) is 3.50. The van der Waals surface area contributed by atoms with Crippen LogP contribution in [-0.2, 0) is 10.2 Å². The average molecular weight is 244 g/mol. The quantitative estimate of drug-likeness (QED) is 0.772. The van der Waals surface area contributed by atoms with E-state index in [1.54, 1.807) is 0 Å². The molecule has 3 nitrogen and oxygen atoms in total. The van der Waals surface area contributed by atoms with E-state index < -0.39 is 0 Å². The number of benzene rings is 1. The maximum atomic E-state index is 12.4. The van der Waals surface area contributed by atoms with Crippen molar-refractivity contribution in [2.45, 2.75) is 45.1 Å². The molecule has 0 radical (unpaired) electrons. The summed E-state index contributed by atoms with van der Waals surface area (Å²) >= 11 is 0. The molecule has 1 saturated carbocycles. The Morgan fingerprint density at radius 2 is 2.06 bits per heavy atom. The first-order valence-corrected chi connectivity index (χ1v) is 6.62. The van der Waals surface area contributed by atoms with Gasteiger partial charge in [-0.25, -0.2) is 0 Å². The molecule has 0 bridgehead atoms. The zero-order valence-electron chi connectivity index (χ0n) is 11.2. The minimum Gasteiger partial charge on any atom is -0.399 e. The van der Waals surface area contributed by atoms with E-state index in [1.165, 1.54) is 5.56 Å². The van der Waals surface area contributed by atoms with Crippen molar-refractivity contribution in [1.82, 2.24) is 0 Å². The van der Waals surface area contributed by atoms with E-state index >= 15 is 0 Å². The lowest BCUT2D eigenvalue weighted by molar-refractivity contribution is -0.120. The van der Waals surface area contributed by atoms with Gasteiger partial charge in [0.1, 0.15) is 0 Å². The van der Waals surface area contributed by atoms with Gasteiger partial charge >= 0.3 is 0 Å². The molecule has 1 aliphatic carbocycles. The molecule has 2 unspecified atom stereocenters. The van der Waals surface area contributed by atoms with Crippen molar-refractivity contribution in [3.63, 3.8) is 0 Å². The van der Waals surface area contributed by atoms with Gasteiger partial charge < -0.3 is 10.6 Å². The number of nitrogens with two attached hydrogens (primary N) is 1. The molecule has 1 fully saturated rings. The van der Waals surface area contributed by atoms with Crippen LogP contribution in [0.15, 0.2) is 18.2 Å². The van der Waals surface area contributed by atoms with Crippen LogP contribution in [0.25, 0.3) is 0 Å². The monoisotopic (exact) mass is 244 g/mol. The smallest absolute Gasteiger partial charge is 0.228 e. The summed E-state index contributed by atoms with van der Waals surface area (Å²) < 4.78 is 0. The summed E-state index contributed by atoms with van der Waals surface area (Å²) in [7, 11) is 0. The maximum Gasteiger partial charge on any atom is 0.228 e. The third-order valence-electron chi connectivity index (χ3n) is 4.27. The van der Waals surface area contributed by atoms with E-state index in [1.807, 2.05) is 23.1 Å². The van der Waals surface area contributed by atoms with Crippen molar-refractivity contribution in [1.29, 1.82) is 0 Å². The molecule has 1 aliphatic heterocycles. The lowest BCUT2D eigenvalue weighted by Gasteiger charge is -2.39. The normalized spacial score (nSPS) is 29.1. The second-order valence-electron chi connectivity index (χ2n) is 6.38. The van der Waals surface area contributed by atoms with Crippen molar-refractivity contribution in [3.8, 4) is 0 Å². The van der Waals surface area contributed by atoms with Crippen LogP contribution in [0.5, 0.6) is 0 Å². The van der Waals surface area contributed by atoms with E-state index in [0.717, 1.165) is 17.8 Å². The fourth-order valence-electron chi connectivity index (χ4n) is 3.02. The number of hydrogen-bond acceptors (Lipinski definition) is 2. The predicted octanol–water partition coefficient (Wildman–Crippen LogP) is 2.69. The highest BCUT2D eigenvalue weighted by Crippen LogP contribution is 2.47. The van der Waals surface area contributed by atoms with E-state index in [9.17, 15) is 4.79 Å². The molecule has 2 aliphatic rings. The van der Waals surface area contributed by atoms with Gasteiger partial charge in [-0.15, -0.1) is 0 Å². The van der Waals surface area contributed by atoms with E-state index in [4.69, 9.17) is 5.73 Å². The van der Waals surface area contributed by atoms with Crippen LogP contribution in [0.1, 0.15) is 39.2 Å². The Labute approximate surface area is 108 Å². The van der Waals surface area contributed by atoms with Crippen LogP contribution < -0.4 is 10.6 Å². The van der Waals surface area contributed by atoms with Gasteiger partial charge in [-0.3, -0.25) is 4.79 Å². The van der Waals surface area contributed by atoms with Crippen LogP contribution in [0, 0.1) is 5.92 Å². The van der Waals surface area contributed by atoms with Crippen molar-refractivity contribution in [2.75, 3.05) is 10.6 Å². The molecule has 1 heterocycles. The molecular weight excluding hydrogens is 224 g/mol. The van der Waals surface area contributed by atoms with Gasteiger partial charge in [0, 0.05) is 29.3 Å². The highest BCUT2D eigenvalue weighted by molar-refractivity contribution is 5.99. The molecule has 0 aromatic heterocycles. The standard InChI is InChI=1S/C15H20N2O/c1-9-6-13(9)17-12-5-4-10(16)7-11(12)15(2,3)8-14(17)18/h4-5,7,9,13H,6,8,16H2,1-3H3. The van der Waals surface area contributed by atoms with Crippen LogP contribution >= 0.6 is 0 Å². The second-order valence-corrected chi connectivity index (χ2v) is 6.38. The highest BCUT2D eigenvalue weighted by Gasteiger charge is 2.46.